The molecule has 56 heavy (non-hydrogen) atoms. The predicted octanol–water partition coefficient (Wildman–Crippen LogP) is 18.5. The second kappa shape index (κ2) is 36.6. The van der Waals surface area contributed by atoms with E-state index in [0.717, 1.165) is 35.6 Å². The highest BCUT2D eigenvalue weighted by atomic mass is 14.8. The fourth-order valence-electron chi connectivity index (χ4n) is 7.55. The van der Waals surface area contributed by atoms with Crippen LogP contribution in [0.3, 0.4) is 0 Å². The third-order valence-corrected chi connectivity index (χ3v) is 11.4. The van der Waals surface area contributed by atoms with Crippen molar-refractivity contribution in [3.63, 3.8) is 0 Å². The molecular weight excluding hydrogens is 677 g/mol. The van der Waals surface area contributed by atoms with E-state index in [1.54, 1.807) is 0 Å². The summed E-state index contributed by atoms with van der Waals surface area (Å²) in [6.45, 7) is 8.73. The minimum atomic E-state index is 0.968. The van der Waals surface area contributed by atoms with E-state index in [1.807, 2.05) is 0 Å². The topological polar surface area (TPSA) is 24.7 Å². The molecule has 314 valence electrons. The molecule has 2 aromatic carbocycles. The maximum Gasteiger partial charge on any atom is 0.0633 e. The SMILES string of the molecule is CCCCCCCCCCCCCC/C=C/CCCc1ccc(N=C(C)C(C)=Nc2ccc(CCC/C=C/CCCCCCCCCCCCCC)cc2)cc1. The molecule has 0 aliphatic heterocycles. The van der Waals surface area contributed by atoms with Crippen molar-refractivity contribution in [2.24, 2.45) is 9.98 Å². The van der Waals surface area contributed by atoms with Crippen molar-refractivity contribution in [1.82, 2.24) is 0 Å². The molecule has 0 heterocycles. The molecule has 0 spiro atoms. The van der Waals surface area contributed by atoms with E-state index in [0.29, 0.717) is 0 Å². The Labute approximate surface area is 348 Å². The molecule has 0 fully saturated rings. The Kier molecular flexibility index (Phi) is 32.3. The van der Waals surface area contributed by atoms with Gasteiger partial charge in [-0.25, -0.2) is 0 Å². The van der Waals surface area contributed by atoms with Crippen molar-refractivity contribution in [2.75, 3.05) is 0 Å². The summed E-state index contributed by atoms with van der Waals surface area (Å²) < 4.78 is 0. The summed E-state index contributed by atoms with van der Waals surface area (Å²) in [6, 6.07) is 17.6. The van der Waals surface area contributed by atoms with Crippen molar-refractivity contribution in [3.05, 3.63) is 84.0 Å². The molecule has 2 heteroatoms. The van der Waals surface area contributed by atoms with E-state index in [2.05, 4.69) is 101 Å². The van der Waals surface area contributed by atoms with Gasteiger partial charge in [0.2, 0.25) is 0 Å². The Hall–Kier alpha value is -2.74. The first-order chi connectivity index (χ1) is 27.6. The molecule has 0 aliphatic carbocycles. The average Bonchev–Trinajstić information content (AvgIpc) is 3.21. The summed E-state index contributed by atoms with van der Waals surface area (Å²) >= 11 is 0. The molecule has 0 amide bonds. The van der Waals surface area contributed by atoms with Gasteiger partial charge in [-0.3, -0.25) is 9.98 Å². The first kappa shape index (κ1) is 49.4. The number of allylic oxidation sites excluding steroid dienone is 4. The Morgan fingerprint density at radius 3 is 0.875 bits per heavy atom. The molecular formula is C54H88N2. The number of aryl methyl sites for hydroxylation is 2. The predicted molar refractivity (Wildman–Crippen MR) is 254 cm³/mol. The van der Waals surface area contributed by atoms with Gasteiger partial charge < -0.3 is 0 Å². The van der Waals surface area contributed by atoms with Gasteiger partial charge in [-0.15, -0.1) is 0 Å². The molecule has 0 saturated carbocycles. The lowest BCUT2D eigenvalue weighted by Crippen LogP contribution is -2.04. The van der Waals surface area contributed by atoms with Crippen LogP contribution >= 0.6 is 0 Å². The van der Waals surface area contributed by atoms with Crippen LogP contribution in [-0.2, 0) is 12.8 Å². The molecule has 0 atom stereocenters. The highest BCUT2D eigenvalue weighted by Gasteiger charge is 2.02. The van der Waals surface area contributed by atoms with Crippen LogP contribution in [-0.4, -0.2) is 11.4 Å². The standard InChI is InChI=1S/C54H88N2/c1-5-7-9-11-13-15-17-19-21-23-25-27-29-31-33-35-37-39-51-41-45-53(46-42-51)55-49(3)50(4)56-54-47-43-52(44-48-54)40-38-36-34-32-30-28-26-24-22-20-18-16-14-12-10-8-6-2/h31-34,41-48H,5-30,35-40H2,1-4H3/b33-31+,34-32+,55-49?,56-50?. The molecule has 2 rings (SSSR count). The Bertz CT molecular complexity index is 1180. The average molecular weight is 765 g/mol. The van der Waals surface area contributed by atoms with Gasteiger partial charge >= 0.3 is 0 Å². The van der Waals surface area contributed by atoms with Crippen LogP contribution in [0.2, 0.25) is 0 Å². The number of aliphatic imine (C=N–C) groups is 2. The Morgan fingerprint density at radius 1 is 0.339 bits per heavy atom. The fraction of sp³-hybridized carbons (Fsp3) is 0.667. The fourth-order valence-corrected chi connectivity index (χ4v) is 7.55. The normalized spacial score (nSPS) is 12.5. The number of benzene rings is 2. The van der Waals surface area contributed by atoms with Gasteiger partial charge in [-0.05, 0) is 113 Å². The molecule has 0 aromatic heterocycles. The summed E-state index contributed by atoms with van der Waals surface area (Å²) in [5, 5.41) is 0. The smallest absolute Gasteiger partial charge is 0.0633 e. The summed E-state index contributed by atoms with van der Waals surface area (Å²) in [4.78, 5) is 9.75. The minimum absolute atomic E-state index is 0.968. The van der Waals surface area contributed by atoms with Crippen molar-refractivity contribution in [3.8, 4) is 0 Å². The van der Waals surface area contributed by atoms with Gasteiger partial charge in [0.05, 0.1) is 22.8 Å². The van der Waals surface area contributed by atoms with Crippen LogP contribution in [0.25, 0.3) is 0 Å². The Balaban J connectivity index is 1.51. The first-order valence-corrected chi connectivity index (χ1v) is 24.2. The van der Waals surface area contributed by atoms with Gasteiger partial charge in [0, 0.05) is 0 Å². The van der Waals surface area contributed by atoms with Crippen LogP contribution in [0.1, 0.15) is 231 Å². The van der Waals surface area contributed by atoms with Crippen molar-refractivity contribution >= 4 is 22.8 Å². The third-order valence-electron chi connectivity index (χ3n) is 11.4. The second-order valence-corrected chi connectivity index (χ2v) is 16.8. The van der Waals surface area contributed by atoms with Crippen molar-refractivity contribution in [1.29, 1.82) is 0 Å². The largest absolute Gasteiger partial charge is 0.252 e. The molecule has 2 aromatic rings. The third kappa shape index (κ3) is 28.6. The minimum Gasteiger partial charge on any atom is -0.252 e. The van der Waals surface area contributed by atoms with Crippen LogP contribution in [0.5, 0.6) is 0 Å². The number of rotatable bonds is 37. The molecule has 0 aliphatic rings. The zero-order valence-electron chi connectivity index (χ0n) is 37.5. The van der Waals surface area contributed by atoms with Crippen LogP contribution in [0.15, 0.2) is 82.8 Å². The number of unbranched alkanes of at least 4 members (excludes halogenated alkanes) is 26. The Morgan fingerprint density at radius 2 is 0.589 bits per heavy atom. The van der Waals surface area contributed by atoms with E-state index in [-0.39, 0.29) is 0 Å². The quantitative estimate of drug-likeness (QED) is 0.0372. The van der Waals surface area contributed by atoms with Crippen molar-refractivity contribution < 1.29 is 0 Å². The lowest BCUT2D eigenvalue weighted by molar-refractivity contribution is 0.545. The monoisotopic (exact) mass is 765 g/mol. The van der Waals surface area contributed by atoms with Crippen molar-refractivity contribution in [2.45, 2.75) is 233 Å². The molecule has 0 bridgehead atoms. The van der Waals surface area contributed by atoms with E-state index in [9.17, 15) is 0 Å². The van der Waals surface area contributed by atoms with Crippen LogP contribution in [0.4, 0.5) is 11.4 Å². The van der Waals surface area contributed by atoms with Gasteiger partial charge in [-0.2, -0.15) is 0 Å². The maximum absolute atomic E-state index is 4.87. The van der Waals surface area contributed by atoms with Gasteiger partial charge in [0.15, 0.2) is 0 Å². The summed E-state index contributed by atoms with van der Waals surface area (Å²) in [5.74, 6) is 0. The van der Waals surface area contributed by atoms with E-state index >= 15 is 0 Å². The highest BCUT2D eigenvalue weighted by Crippen LogP contribution is 2.19. The maximum atomic E-state index is 4.87. The van der Waals surface area contributed by atoms with E-state index < -0.39 is 0 Å². The molecule has 0 saturated heterocycles. The van der Waals surface area contributed by atoms with Crippen LogP contribution in [0, 0.1) is 0 Å². The lowest BCUT2D eigenvalue weighted by atomic mass is 10.0. The zero-order valence-corrected chi connectivity index (χ0v) is 37.5. The van der Waals surface area contributed by atoms with Gasteiger partial charge in [0.25, 0.3) is 0 Å². The molecule has 0 unspecified atom stereocenters. The molecule has 0 radical (unpaired) electrons. The highest BCUT2D eigenvalue weighted by molar-refractivity contribution is 6.41. The van der Waals surface area contributed by atoms with E-state index in [4.69, 9.17) is 9.98 Å². The summed E-state index contributed by atoms with van der Waals surface area (Å²) in [5.41, 5.74) is 6.73. The summed E-state index contributed by atoms with van der Waals surface area (Å²) in [6.07, 6.45) is 53.2. The van der Waals surface area contributed by atoms with Gasteiger partial charge in [0.1, 0.15) is 0 Å². The number of hydrogen-bond acceptors (Lipinski definition) is 2. The van der Waals surface area contributed by atoms with Crippen LogP contribution < -0.4 is 0 Å². The molecule has 2 nitrogen and oxygen atoms in total. The zero-order chi connectivity index (χ0) is 40.0. The number of hydrogen-bond donors (Lipinski definition) is 0. The second-order valence-electron chi connectivity index (χ2n) is 16.8. The lowest BCUT2D eigenvalue weighted by Gasteiger charge is -2.04. The van der Waals surface area contributed by atoms with E-state index in [1.165, 1.54) is 204 Å². The molecule has 0 N–H and O–H groups in total. The summed E-state index contributed by atoms with van der Waals surface area (Å²) in [7, 11) is 0. The number of nitrogens with zero attached hydrogens (tertiary/aromatic N) is 2. The van der Waals surface area contributed by atoms with Gasteiger partial charge in [-0.1, -0.05) is 204 Å². The first-order valence-electron chi connectivity index (χ1n) is 24.2.